The van der Waals surface area contributed by atoms with Crippen molar-refractivity contribution in [2.45, 2.75) is 17.1 Å². The van der Waals surface area contributed by atoms with E-state index in [1.165, 1.54) is 0 Å². The van der Waals surface area contributed by atoms with E-state index in [0.29, 0.717) is 6.42 Å². The van der Waals surface area contributed by atoms with E-state index >= 15 is 0 Å². The molecule has 0 saturated heterocycles. The molecule has 0 aliphatic rings. The van der Waals surface area contributed by atoms with Gasteiger partial charge >= 0.3 is 0 Å². The number of halogens is 3. The first-order valence-electron chi connectivity index (χ1n) is 2.73. The van der Waals surface area contributed by atoms with E-state index < -0.39 is 9.71 Å². The van der Waals surface area contributed by atoms with Crippen molar-refractivity contribution in [3.05, 3.63) is 0 Å². The van der Waals surface area contributed by atoms with E-state index in [1.807, 2.05) is 6.92 Å². The maximum atomic E-state index is 8.19. The first-order valence-corrected chi connectivity index (χ1v) is 3.87. The molecule has 0 aromatic carbocycles. The number of aliphatic hydroxyl groups is 1. The van der Waals surface area contributed by atoms with E-state index in [1.54, 1.807) is 6.11 Å². The van der Waals surface area contributed by atoms with Crippen molar-refractivity contribution in [3.8, 4) is 12.0 Å². The topological polar surface area (TPSA) is 20.2 Å². The smallest absolute Gasteiger partial charge is 0.204 e. The van der Waals surface area contributed by atoms with Crippen LogP contribution in [-0.4, -0.2) is 8.90 Å². The second-order valence-corrected chi connectivity index (χ2v) is 4.13. The molecule has 10 heavy (non-hydrogen) atoms. The Labute approximate surface area is 75.3 Å². The zero-order valence-electron chi connectivity index (χ0n) is 5.37. The van der Waals surface area contributed by atoms with Crippen LogP contribution in [0.3, 0.4) is 0 Å². The van der Waals surface area contributed by atoms with Crippen LogP contribution in [0.4, 0.5) is 0 Å². The Balaban J connectivity index is 4.17. The van der Waals surface area contributed by atoms with Crippen molar-refractivity contribution >= 4 is 34.8 Å². The van der Waals surface area contributed by atoms with Crippen molar-refractivity contribution in [2.24, 2.45) is 5.92 Å². The summed E-state index contributed by atoms with van der Waals surface area (Å²) in [5.74, 6) is 1.98. The van der Waals surface area contributed by atoms with Gasteiger partial charge in [0, 0.05) is 0 Å². The lowest BCUT2D eigenvalue weighted by molar-refractivity contribution is 0.511. The summed E-state index contributed by atoms with van der Waals surface area (Å²) in [6.07, 6.45) is 2.32. The van der Waals surface area contributed by atoms with E-state index in [9.17, 15) is 0 Å². The van der Waals surface area contributed by atoms with Gasteiger partial charge in [0.05, 0.1) is 5.92 Å². The van der Waals surface area contributed by atoms with Gasteiger partial charge in [0.2, 0.25) is 3.79 Å². The highest BCUT2D eigenvalue weighted by Crippen LogP contribution is 2.36. The molecule has 1 N–H and O–H groups in total. The number of hydrogen-bond donors (Lipinski definition) is 1. The van der Waals surface area contributed by atoms with Crippen LogP contribution in [-0.2, 0) is 0 Å². The standard InChI is InChI=1S/C6H7Cl3O/c1-2-5(3-4-10)6(7,8)9/h5,10H,2H2,1H3. The molecule has 1 nitrogen and oxygen atoms in total. The van der Waals surface area contributed by atoms with Crippen LogP contribution in [0.5, 0.6) is 0 Å². The third-order valence-electron chi connectivity index (χ3n) is 1.04. The zero-order valence-corrected chi connectivity index (χ0v) is 7.63. The summed E-state index contributed by atoms with van der Waals surface area (Å²) in [4.78, 5) is 0. The zero-order chi connectivity index (χ0) is 8.20. The van der Waals surface area contributed by atoms with Crippen molar-refractivity contribution in [1.29, 1.82) is 0 Å². The van der Waals surface area contributed by atoms with Gasteiger partial charge in [-0.3, -0.25) is 0 Å². The second-order valence-electron chi connectivity index (χ2n) is 1.76. The third kappa shape index (κ3) is 3.41. The maximum Gasteiger partial charge on any atom is 0.204 e. The molecule has 0 aromatic heterocycles. The number of aliphatic hydroxyl groups excluding tert-OH is 1. The first-order chi connectivity index (χ1) is 4.52. The highest BCUT2D eigenvalue weighted by atomic mass is 35.6. The lowest BCUT2D eigenvalue weighted by Crippen LogP contribution is -2.16. The lowest BCUT2D eigenvalue weighted by Gasteiger charge is -2.16. The molecule has 0 aliphatic heterocycles. The van der Waals surface area contributed by atoms with Gasteiger partial charge in [-0.25, -0.2) is 0 Å². The molecule has 0 aromatic rings. The van der Waals surface area contributed by atoms with E-state index in [4.69, 9.17) is 39.9 Å². The van der Waals surface area contributed by atoms with Gasteiger partial charge in [0.25, 0.3) is 0 Å². The first kappa shape index (κ1) is 10.2. The fourth-order valence-corrected chi connectivity index (χ4v) is 1.12. The Morgan fingerprint density at radius 2 is 2.00 bits per heavy atom. The molecule has 0 rings (SSSR count). The van der Waals surface area contributed by atoms with Crippen molar-refractivity contribution in [1.82, 2.24) is 0 Å². The molecule has 0 saturated carbocycles. The van der Waals surface area contributed by atoms with Gasteiger partial charge < -0.3 is 5.11 Å². The molecule has 0 amide bonds. The summed E-state index contributed by atoms with van der Waals surface area (Å²) in [6, 6.07) is 0. The van der Waals surface area contributed by atoms with Gasteiger partial charge in [-0.15, -0.1) is 0 Å². The lowest BCUT2D eigenvalue weighted by atomic mass is 10.1. The van der Waals surface area contributed by atoms with Crippen molar-refractivity contribution in [2.75, 3.05) is 0 Å². The molecule has 0 heterocycles. The number of alkyl halides is 3. The second kappa shape index (κ2) is 4.18. The number of hydrogen-bond acceptors (Lipinski definition) is 1. The monoisotopic (exact) mass is 200 g/mol. The van der Waals surface area contributed by atoms with Gasteiger partial charge in [0.15, 0.2) is 0 Å². The quantitative estimate of drug-likeness (QED) is 0.511. The van der Waals surface area contributed by atoms with Crippen LogP contribution in [0, 0.1) is 17.9 Å². The molecular weight excluding hydrogens is 194 g/mol. The Morgan fingerprint density at radius 1 is 1.50 bits per heavy atom. The molecule has 0 fully saturated rings. The maximum absolute atomic E-state index is 8.19. The van der Waals surface area contributed by atoms with Crippen LogP contribution >= 0.6 is 34.8 Å². The summed E-state index contributed by atoms with van der Waals surface area (Å²) in [5, 5.41) is 8.19. The summed E-state index contributed by atoms with van der Waals surface area (Å²) in [5.41, 5.74) is 0. The van der Waals surface area contributed by atoms with Crippen molar-refractivity contribution in [3.63, 3.8) is 0 Å². The minimum Gasteiger partial charge on any atom is -0.462 e. The van der Waals surface area contributed by atoms with E-state index in [-0.39, 0.29) is 0 Å². The fraction of sp³-hybridized carbons (Fsp3) is 0.667. The van der Waals surface area contributed by atoms with E-state index in [2.05, 4.69) is 5.92 Å². The molecule has 1 atom stereocenters. The van der Waals surface area contributed by atoms with Crippen LogP contribution in [0.25, 0.3) is 0 Å². The van der Waals surface area contributed by atoms with Gasteiger partial charge in [-0.1, -0.05) is 47.6 Å². The number of rotatable bonds is 1. The molecular formula is C6H7Cl3O. The molecule has 1 unspecified atom stereocenters. The van der Waals surface area contributed by atoms with Crippen molar-refractivity contribution < 1.29 is 5.11 Å². The summed E-state index contributed by atoms with van der Waals surface area (Å²) in [6.45, 7) is 1.83. The molecule has 4 heteroatoms. The van der Waals surface area contributed by atoms with Crippen LogP contribution in [0.1, 0.15) is 13.3 Å². The Bertz CT molecular complexity index is 151. The molecule has 58 valence electrons. The summed E-state index contributed by atoms with van der Waals surface area (Å²) < 4.78 is -1.40. The van der Waals surface area contributed by atoms with Crippen LogP contribution in [0.2, 0.25) is 0 Å². The summed E-state index contributed by atoms with van der Waals surface area (Å²) >= 11 is 16.5. The normalized spacial score (nSPS) is 13.6. The average molecular weight is 201 g/mol. The third-order valence-corrected chi connectivity index (χ3v) is 1.83. The highest BCUT2D eigenvalue weighted by Gasteiger charge is 2.29. The SMILES string of the molecule is CCC(C#CO)C(Cl)(Cl)Cl. The predicted molar refractivity (Wildman–Crippen MR) is 43.8 cm³/mol. The minimum atomic E-state index is -1.40. The molecule has 0 spiro atoms. The minimum absolute atomic E-state index is 0.400. The Kier molecular flexibility index (Phi) is 4.28. The van der Waals surface area contributed by atoms with Gasteiger partial charge in [0.1, 0.15) is 6.11 Å². The van der Waals surface area contributed by atoms with Gasteiger partial charge in [-0.2, -0.15) is 0 Å². The largest absolute Gasteiger partial charge is 0.462 e. The van der Waals surface area contributed by atoms with Gasteiger partial charge in [-0.05, 0) is 6.42 Å². The van der Waals surface area contributed by atoms with E-state index in [0.717, 1.165) is 0 Å². The average Bonchev–Trinajstić information content (AvgIpc) is 1.80. The molecule has 0 bridgehead atoms. The summed E-state index contributed by atoms with van der Waals surface area (Å²) in [7, 11) is 0. The molecule has 0 aliphatic carbocycles. The molecule has 0 radical (unpaired) electrons. The van der Waals surface area contributed by atoms with Crippen LogP contribution < -0.4 is 0 Å². The Morgan fingerprint density at radius 3 is 2.10 bits per heavy atom. The predicted octanol–water partition coefficient (Wildman–Crippen LogP) is 2.72. The Hall–Kier alpha value is 0.230. The highest BCUT2D eigenvalue weighted by molar-refractivity contribution is 6.67. The van der Waals surface area contributed by atoms with Crippen LogP contribution in [0.15, 0.2) is 0 Å². The fourth-order valence-electron chi connectivity index (χ4n) is 0.493.